The van der Waals surface area contributed by atoms with Crippen LogP contribution in [0.2, 0.25) is 0 Å². The predicted octanol–water partition coefficient (Wildman–Crippen LogP) is 3.43. The molecule has 0 amide bonds. The molecule has 1 saturated carbocycles. The summed E-state index contributed by atoms with van der Waals surface area (Å²) in [5.74, 6) is 1.53. The Morgan fingerprint density at radius 3 is 2.61 bits per heavy atom. The quantitative estimate of drug-likeness (QED) is 0.797. The molecule has 0 saturated heterocycles. The Morgan fingerprint density at radius 1 is 1.13 bits per heavy atom. The van der Waals surface area contributed by atoms with Crippen LogP contribution in [0.4, 0.5) is 0 Å². The molecule has 4 rings (SSSR count). The summed E-state index contributed by atoms with van der Waals surface area (Å²) in [6.45, 7) is 2.04. The number of benzene rings is 1. The van der Waals surface area contributed by atoms with Gasteiger partial charge in [-0.25, -0.2) is 4.98 Å². The number of hydrogen-bond donors (Lipinski definition) is 1. The van der Waals surface area contributed by atoms with Gasteiger partial charge in [0.05, 0.1) is 5.54 Å². The van der Waals surface area contributed by atoms with Crippen LogP contribution >= 0.6 is 0 Å². The lowest BCUT2D eigenvalue weighted by Gasteiger charge is -2.17. The maximum atomic E-state index is 6.38. The molecule has 1 aromatic carbocycles. The van der Waals surface area contributed by atoms with Crippen molar-refractivity contribution in [2.24, 2.45) is 5.73 Å². The first kappa shape index (κ1) is 14.1. The van der Waals surface area contributed by atoms with Gasteiger partial charge in [0.1, 0.15) is 0 Å². The fourth-order valence-electron chi connectivity index (χ4n) is 3.06. The first-order chi connectivity index (χ1) is 11.2. The van der Waals surface area contributed by atoms with Crippen LogP contribution in [0.3, 0.4) is 0 Å². The van der Waals surface area contributed by atoms with Crippen molar-refractivity contribution in [3.63, 3.8) is 0 Å². The number of nitrogens with two attached hydrogens (primary N) is 1. The predicted molar refractivity (Wildman–Crippen MR) is 84.3 cm³/mol. The molecule has 3 aromatic rings. The van der Waals surface area contributed by atoms with Crippen LogP contribution in [0.1, 0.15) is 37.1 Å². The molecule has 0 aliphatic heterocycles. The Morgan fingerprint density at radius 2 is 1.87 bits per heavy atom. The third-order valence-corrected chi connectivity index (χ3v) is 4.45. The highest BCUT2D eigenvalue weighted by Gasteiger charge is 2.36. The zero-order valence-electron chi connectivity index (χ0n) is 13.0. The van der Waals surface area contributed by atoms with Gasteiger partial charge in [-0.05, 0) is 19.8 Å². The first-order valence-corrected chi connectivity index (χ1v) is 7.80. The Kier molecular flexibility index (Phi) is 3.27. The number of oxazole rings is 1. The van der Waals surface area contributed by atoms with Crippen LogP contribution in [-0.4, -0.2) is 15.1 Å². The van der Waals surface area contributed by atoms with Crippen molar-refractivity contribution in [2.45, 2.75) is 38.1 Å². The van der Waals surface area contributed by atoms with Crippen LogP contribution in [-0.2, 0) is 5.54 Å². The second-order valence-corrected chi connectivity index (χ2v) is 6.18. The fourth-order valence-corrected chi connectivity index (χ4v) is 3.06. The summed E-state index contributed by atoms with van der Waals surface area (Å²) < 4.78 is 10.9. The molecule has 0 atom stereocenters. The summed E-state index contributed by atoms with van der Waals surface area (Å²) in [5, 5.41) is 4.08. The molecule has 1 aliphatic carbocycles. The molecule has 2 aromatic heterocycles. The minimum absolute atomic E-state index is 0.348. The summed E-state index contributed by atoms with van der Waals surface area (Å²) in [6, 6.07) is 8.01. The average molecular weight is 310 g/mol. The molecule has 1 aliphatic rings. The van der Waals surface area contributed by atoms with Gasteiger partial charge < -0.3 is 14.7 Å². The van der Waals surface area contributed by atoms with Crippen molar-refractivity contribution < 1.29 is 8.94 Å². The van der Waals surface area contributed by atoms with Crippen LogP contribution in [0, 0.1) is 6.92 Å². The van der Waals surface area contributed by atoms with E-state index < -0.39 is 5.54 Å². The summed E-state index contributed by atoms with van der Waals surface area (Å²) in [4.78, 5) is 8.73. The molecule has 6 nitrogen and oxygen atoms in total. The molecule has 23 heavy (non-hydrogen) atoms. The lowest BCUT2D eigenvalue weighted by molar-refractivity contribution is 0.372. The van der Waals surface area contributed by atoms with Crippen molar-refractivity contribution in [3.05, 3.63) is 42.0 Å². The third kappa shape index (κ3) is 2.45. The molecule has 1 fully saturated rings. The molecule has 0 radical (unpaired) electrons. The summed E-state index contributed by atoms with van der Waals surface area (Å²) >= 11 is 0. The maximum Gasteiger partial charge on any atom is 0.280 e. The molecule has 0 bridgehead atoms. The van der Waals surface area contributed by atoms with E-state index in [9.17, 15) is 0 Å². The van der Waals surface area contributed by atoms with E-state index in [1.54, 1.807) is 0 Å². The fraction of sp³-hybridized carbons (Fsp3) is 0.353. The number of aryl methyl sites for hydroxylation is 1. The number of rotatable bonds is 3. The molecular formula is C17H18N4O2. The van der Waals surface area contributed by atoms with Gasteiger partial charge in [-0.3, -0.25) is 0 Å². The molecule has 2 N–H and O–H groups in total. The average Bonchev–Trinajstić information content (AvgIpc) is 3.27. The van der Waals surface area contributed by atoms with Gasteiger partial charge in [-0.15, -0.1) is 0 Å². The van der Waals surface area contributed by atoms with Gasteiger partial charge in [-0.1, -0.05) is 47.8 Å². The third-order valence-electron chi connectivity index (χ3n) is 4.45. The van der Waals surface area contributed by atoms with Crippen molar-refractivity contribution >= 4 is 0 Å². The molecule has 0 spiro atoms. The van der Waals surface area contributed by atoms with E-state index in [4.69, 9.17) is 14.7 Å². The van der Waals surface area contributed by atoms with Crippen LogP contribution < -0.4 is 5.73 Å². The number of nitrogens with zero attached hydrogens (tertiary/aromatic N) is 3. The van der Waals surface area contributed by atoms with Gasteiger partial charge in [0.2, 0.25) is 0 Å². The zero-order valence-corrected chi connectivity index (χ0v) is 13.0. The second-order valence-electron chi connectivity index (χ2n) is 6.18. The molecule has 118 valence electrons. The van der Waals surface area contributed by atoms with Gasteiger partial charge in [0, 0.05) is 5.56 Å². The monoisotopic (exact) mass is 310 g/mol. The zero-order chi connectivity index (χ0) is 15.9. The highest BCUT2D eigenvalue weighted by atomic mass is 16.5. The SMILES string of the molecule is Cc1ccc(-c2ocnc2-c2nc(C3(N)CCCC3)no2)cc1. The van der Waals surface area contributed by atoms with Gasteiger partial charge in [0.25, 0.3) is 5.89 Å². The highest BCUT2D eigenvalue weighted by molar-refractivity contribution is 5.72. The van der Waals surface area contributed by atoms with Crippen molar-refractivity contribution in [1.82, 2.24) is 15.1 Å². The Hall–Kier alpha value is -2.47. The number of hydrogen-bond acceptors (Lipinski definition) is 6. The van der Waals surface area contributed by atoms with E-state index in [0.717, 1.165) is 31.2 Å². The Labute approximate surface area is 133 Å². The second kappa shape index (κ2) is 5.31. The standard InChI is InChI=1S/C17H18N4O2/c1-11-4-6-12(7-5-11)14-13(19-10-22-14)15-20-16(21-23-15)17(18)8-2-3-9-17/h4-7,10H,2-3,8-9,18H2,1H3. The molecular weight excluding hydrogens is 292 g/mol. The van der Waals surface area contributed by atoms with Crippen molar-refractivity contribution in [2.75, 3.05) is 0 Å². The van der Waals surface area contributed by atoms with E-state index in [1.165, 1.54) is 12.0 Å². The molecule has 2 heterocycles. The topological polar surface area (TPSA) is 91.0 Å². The largest absolute Gasteiger partial charge is 0.443 e. The minimum atomic E-state index is -0.477. The van der Waals surface area contributed by atoms with E-state index in [0.29, 0.717) is 23.2 Å². The number of aromatic nitrogens is 3. The van der Waals surface area contributed by atoms with Gasteiger partial charge in [0.15, 0.2) is 23.7 Å². The summed E-state index contributed by atoms with van der Waals surface area (Å²) in [6.07, 6.45) is 5.35. The lowest BCUT2D eigenvalue weighted by atomic mass is 9.99. The summed E-state index contributed by atoms with van der Waals surface area (Å²) in [5.41, 5.74) is 8.56. The van der Waals surface area contributed by atoms with Crippen LogP contribution in [0.5, 0.6) is 0 Å². The molecule has 6 heteroatoms. The lowest BCUT2D eigenvalue weighted by Crippen LogP contribution is -2.34. The van der Waals surface area contributed by atoms with E-state index in [1.807, 2.05) is 31.2 Å². The van der Waals surface area contributed by atoms with E-state index in [2.05, 4.69) is 15.1 Å². The van der Waals surface area contributed by atoms with Gasteiger partial charge in [-0.2, -0.15) is 4.98 Å². The Balaban J connectivity index is 1.71. The van der Waals surface area contributed by atoms with Crippen molar-refractivity contribution in [1.29, 1.82) is 0 Å². The van der Waals surface area contributed by atoms with Crippen LogP contribution in [0.15, 0.2) is 39.6 Å². The maximum absolute atomic E-state index is 6.38. The smallest absolute Gasteiger partial charge is 0.280 e. The van der Waals surface area contributed by atoms with E-state index >= 15 is 0 Å². The molecule has 0 unspecified atom stereocenters. The van der Waals surface area contributed by atoms with Gasteiger partial charge >= 0.3 is 0 Å². The summed E-state index contributed by atoms with van der Waals surface area (Å²) in [7, 11) is 0. The highest BCUT2D eigenvalue weighted by Crippen LogP contribution is 2.36. The van der Waals surface area contributed by atoms with Crippen molar-refractivity contribution in [3.8, 4) is 22.9 Å². The Bertz CT molecular complexity index is 813. The van der Waals surface area contributed by atoms with E-state index in [-0.39, 0.29) is 0 Å². The normalized spacial score (nSPS) is 16.8. The first-order valence-electron chi connectivity index (χ1n) is 7.80. The van der Waals surface area contributed by atoms with Crippen LogP contribution in [0.25, 0.3) is 22.9 Å². The minimum Gasteiger partial charge on any atom is -0.443 e.